The van der Waals surface area contributed by atoms with E-state index in [1.807, 2.05) is 0 Å². The lowest BCUT2D eigenvalue weighted by Gasteiger charge is -2.09. The predicted octanol–water partition coefficient (Wildman–Crippen LogP) is 1.13. The Bertz CT molecular complexity index is 580. The van der Waals surface area contributed by atoms with Crippen molar-refractivity contribution in [1.82, 2.24) is 4.72 Å². The maximum Gasteiger partial charge on any atom is 0.335 e. The molecule has 1 aromatic carbocycles. The van der Waals surface area contributed by atoms with E-state index in [4.69, 9.17) is 10.2 Å². The summed E-state index contributed by atoms with van der Waals surface area (Å²) < 4.78 is 26.4. The molecule has 0 saturated carbocycles. The molecule has 0 saturated heterocycles. The zero-order chi connectivity index (χ0) is 15.3. The van der Waals surface area contributed by atoms with Gasteiger partial charge in [0.1, 0.15) is 0 Å². The smallest absolute Gasteiger partial charge is 0.335 e. The van der Waals surface area contributed by atoms with Crippen molar-refractivity contribution in [2.75, 3.05) is 6.54 Å². The Morgan fingerprint density at radius 3 is 2.60 bits per heavy atom. The van der Waals surface area contributed by atoms with Crippen LogP contribution >= 0.6 is 0 Å². The number of hydrogen-bond donors (Lipinski definition) is 3. The van der Waals surface area contributed by atoms with Gasteiger partial charge >= 0.3 is 5.97 Å². The van der Waals surface area contributed by atoms with Crippen molar-refractivity contribution in [1.29, 1.82) is 0 Å². The van der Waals surface area contributed by atoms with Crippen LogP contribution in [0.1, 0.15) is 35.7 Å². The molecule has 1 aromatic rings. The molecule has 112 valence electrons. The molecule has 0 amide bonds. The van der Waals surface area contributed by atoms with E-state index in [0.29, 0.717) is 18.4 Å². The second-order valence-electron chi connectivity index (χ2n) is 4.67. The maximum atomic E-state index is 12.0. The predicted molar refractivity (Wildman–Crippen MR) is 74.2 cm³/mol. The Balaban J connectivity index is 2.82. The molecule has 20 heavy (non-hydrogen) atoms. The van der Waals surface area contributed by atoms with Crippen LogP contribution in [0.2, 0.25) is 0 Å². The highest BCUT2D eigenvalue weighted by Gasteiger charge is 2.17. The van der Waals surface area contributed by atoms with Crippen LogP contribution in [0.3, 0.4) is 0 Å². The number of carbonyl (C=O) groups is 1. The largest absolute Gasteiger partial charge is 0.478 e. The van der Waals surface area contributed by atoms with Crippen LogP contribution in [-0.4, -0.2) is 37.2 Å². The SMILES string of the molecule is Cc1ccc(S(=O)(=O)NCCCC(C)O)cc1C(=O)O. The highest BCUT2D eigenvalue weighted by atomic mass is 32.2. The minimum atomic E-state index is -3.73. The molecule has 1 rings (SSSR count). The molecule has 6 nitrogen and oxygen atoms in total. The van der Waals surface area contributed by atoms with Gasteiger partial charge in [-0.1, -0.05) is 6.07 Å². The van der Waals surface area contributed by atoms with E-state index in [1.54, 1.807) is 13.8 Å². The molecule has 0 aliphatic heterocycles. The molecule has 0 heterocycles. The number of aliphatic hydroxyl groups excluding tert-OH is 1. The first kappa shape index (κ1) is 16.6. The molecule has 1 unspecified atom stereocenters. The third-order valence-corrected chi connectivity index (χ3v) is 4.30. The van der Waals surface area contributed by atoms with Crippen LogP contribution in [-0.2, 0) is 10.0 Å². The molecular formula is C13H19NO5S. The molecule has 0 aromatic heterocycles. The fraction of sp³-hybridized carbons (Fsp3) is 0.462. The lowest BCUT2D eigenvalue weighted by Crippen LogP contribution is -2.25. The minimum Gasteiger partial charge on any atom is -0.478 e. The molecule has 0 spiro atoms. The summed E-state index contributed by atoms with van der Waals surface area (Å²) in [4.78, 5) is 10.9. The second-order valence-corrected chi connectivity index (χ2v) is 6.44. The van der Waals surface area contributed by atoms with E-state index in [1.165, 1.54) is 12.1 Å². The van der Waals surface area contributed by atoms with Crippen molar-refractivity contribution in [3.63, 3.8) is 0 Å². The molecule has 0 fully saturated rings. The van der Waals surface area contributed by atoms with Gasteiger partial charge in [0.25, 0.3) is 0 Å². The van der Waals surface area contributed by atoms with Crippen LogP contribution in [0.4, 0.5) is 0 Å². The lowest BCUT2D eigenvalue weighted by molar-refractivity contribution is 0.0696. The highest BCUT2D eigenvalue weighted by molar-refractivity contribution is 7.89. The fourth-order valence-electron chi connectivity index (χ4n) is 1.69. The Hall–Kier alpha value is -1.44. The number of aromatic carboxylic acids is 1. The number of sulfonamides is 1. The van der Waals surface area contributed by atoms with E-state index in [0.717, 1.165) is 6.07 Å². The first-order valence-corrected chi connectivity index (χ1v) is 7.74. The Morgan fingerprint density at radius 2 is 2.05 bits per heavy atom. The number of aliphatic hydroxyl groups is 1. The summed E-state index contributed by atoms with van der Waals surface area (Å²) in [7, 11) is -3.73. The Morgan fingerprint density at radius 1 is 1.40 bits per heavy atom. The van der Waals surface area contributed by atoms with Crippen molar-refractivity contribution >= 4 is 16.0 Å². The molecule has 3 N–H and O–H groups in total. The first-order valence-electron chi connectivity index (χ1n) is 6.25. The van der Waals surface area contributed by atoms with Gasteiger partial charge in [-0.05, 0) is 44.4 Å². The third kappa shape index (κ3) is 4.59. The van der Waals surface area contributed by atoms with Gasteiger partial charge in [-0.3, -0.25) is 0 Å². The van der Waals surface area contributed by atoms with Gasteiger partial charge in [0.2, 0.25) is 10.0 Å². The van der Waals surface area contributed by atoms with E-state index < -0.39 is 22.1 Å². The van der Waals surface area contributed by atoms with Crippen molar-refractivity contribution in [2.24, 2.45) is 0 Å². The quantitative estimate of drug-likeness (QED) is 0.655. The molecule has 0 aliphatic carbocycles. The van der Waals surface area contributed by atoms with Gasteiger partial charge in [0, 0.05) is 6.54 Å². The summed E-state index contributed by atoms with van der Waals surface area (Å²) in [5.74, 6) is -1.16. The van der Waals surface area contributed by atoms with Gasteiger partial charge in [-0.15, -0.1) is 0 Å². The van der Waals surface area contributed by atoms with E-state index in [9.17, 15) is 13.2 Å². The second kappa shape index (κ2) is 6.83. The summed E-state index contributed by atoms with van der Waals surface area (Å²) in [5.41, 5.74) is 0.474. The number of carboxylic acid groups (broad SMARTS) is 1. The average Bonchev–Trinajstić information content (AvgIpc) is 2.34. The highest BCUT2D eigenvalue weighted by Crippen LogP contribution is 2.15. The van der Waals surface area contributed by atoms with Gasteiger partial charge < -0.3 is 10.2 Å². The van der Waals surface area contributed by atoms with Crippen molar-refractivity contribution in [2.45, 2.75) is 37.7 Å². The van der Waals surface area contributed by atoms with Gasteiger partial charge in [-0.25, -0.2) is 17.9 Å². The minimum absolute atomic E-state index is 0.0307. The number of hydrogen-bond acceptors (Lipinski definition) is 4. The molecule has 0 aliphatic rings. The van der Waals surface area contributed by atoms with Gasteiger partial charge in [0.05, 0.1) is 16.6 Å². The number of rotatable bonds is 7. The summed E-state index contributed by atoms with van der Waals surface area (Å²) in [6.07, 6.45) is 0.531. The number of aryl methyl sites for hydroxylation is 1. The van der Waals surface area contributed by atoms with Gasteiger partial charge in [-0.2, -0.15) is 0 Å². The molecule has 1 atom stereocenters. The van der Waals surface area contributed by atoms with Crippen molar-refractivity contribution < 1.29 is 23.4 Å². The van der Waals surface area contributed by atoms with E-state index in [2.05, 4.69) is 4.72 Å². The number of nitrogens with one attached hydrogen (secondary N) is 1. The number of carboxylic acids is 1. The molecule has 0 bridgehead atoms. The van der Waals surface area contributed by atoms with Gasteiger partial charge in [0.15, 0.2) is 0 Å². The van der Waals surface area contributed by atoms with Crippen LogP contribution in [0.5, 0.6) is 0 Å². The van der Waals surface area contributed by atoms with Crippen molar-refractivity contribution in [3.05, 3.63) is 29.3 Å². The maximum absolute atomic E-state index is 12.0. The summed E-state index contributed by atoms with van der Waals surface area (Å²) in [6.45, 7) is 3.44. The van der Waals surface area contributed by atoms with E-state index in [-0.39, 0.29) is 17.0 Å². The third-order valence-electron chi connectivity index (χ3n) is 2.84. The first-order chi connectivity index (χ1) is 9.24. The standard InChI is InChI=1S/C13H19NO5S/c1-9-5-6-11(8-12(9)13(16)17)20(18,19)14-7-3-4-10(2)15/h5-6,8,10,14-15H,3-4,7H2,1-2H3,(H,16,17). The normalized spacial score (nSPS) is 13.2. The van der Waals surface area contributed by atoms with Crippen LogP contribution in [0, 0.1) is 6.92 Å². The van der Waals surface area contributed by atoms with Crippen LogP contribution in [0.15, 0.2) is 23.1 Å². The summed E-state index contributed by atoms with van der Waals surface area (Å²) in [5, 5.41) is 18.1. The summed E-state index contributed by atoms with van der Waals surface area (Å²) >= 11 is 0. The van der Waals surface area contributed by atoms with Crippen LogP contribution in [0.25, 0.3) is 0 Å². The molecular weight excluding hydrogens is 282 g/mol. The topological polar surface area (TPSA) is 104 Å². The zero-order valence-corrected chi connectivity index (χ0v) is 12.3. The monoisotopic (exact) mass is 301 g/mol. The van der Waals surface area contributed by atoms with Crippen molar-refractivity contribution in [3.8, 4) is 0 Å². The lowest BCUT2D eigenvalue weighted by atomic mass is 10.1. The Kier molecular flexibility index (Phi) is 5.67. The molecule has 0 radical (unpaired) electrons. The molecule has 7 heteroatoms. The van der Waals surface area contributed by atoms with Crippen LogP contribution < -0.4 is 4.72 Å². The zero-order valence-electron chi connectivity index (χ0n) is 11.5. The number of benzene rings is 1. The summed E-state index contributed by atoms with van der Waals surface area (Å²) in [6, 6.07) is 3.99. The van der Waals surface area contributed by atoms with E-state index >= 15 is 0 Å². The Labute approximate surface area is 118 Å². The average molecular weight is 301 g/mol. The fourth-order valence-corrected chi connectivity index (χ4v) is 2.79.